The summed E-state index contributed by atoms with van der Waals surface area (Å²) in [5.41, 5.74) is 2.88. The number of carbonyl (C=O) groups is 4. The molecule has 9 heteroatoms. The number of nitrogens with zero attached hydrogens (tertiary/aromatic N) is 1. The van der Waals surface area contributed by atoms with E-state index < -0.39 is 12.0 Å². The zero-order valence-corrected chi connectivity index (χ0v) is 28.7. The third kappa shape index (κ3) is 11.1. The fraction of sp³-hybridized carbons (Fsp3) is 0.333. The van der Waals surface area contributed by atoms with Crippen LogP contribution in [0.5, 0.6) is 0 Å². The summed E-state index contributed by atoms with van der Waals surface area (Å²) in [6.07, 6.45) is 3.01. The van der Waals surface area contributed by atoms with Crippen molar-refractivity contribution in [3.63, 3.8) is 0 Å². The summed E-state index contributed by atoms with van der Waals surface area (Å²) in [5.74, 6) is -0.837. The van der Waals surface area contributed by atoms with E-state index >= 15 is 0 Å². The summed E-state index contributed by atoms with van der Waals surface area (Å²) in [5, 5.41) is 17.8. The Morgan fingerprint density at radius 1 is 0.812 bits per heavy atom. The molecule has 0 spiro atoms. The average molecular weight is 668 g/mol. The molecule has 0 aliphatic heterocycles. The molecule has 4 rings (SSSR count). The maximum absolute atomic E-state index is 13.5. The van der Waals surface area contributed by atoms with Crippen LogP contribution in [0.2, 0.25) is 0 Å². The quantitative estimate of drug-likeness (QED) is 0.112. The number of rotatable bonds is 18. The summed E-state index contributed by atoms with van der Waals surface area (Å²) in [7, 11) is 0. The Bertz CT molecular complexity index is 1690. The minimum atomic E-state index is -1.06. The van der Waals surface area contributed by atoms with Crippen molar-refractivity contribution in [2.45, 2.75) is 51.7 Å². The van der Waals surface area contributed by atoms with Crippen molar-refractivity contribution in [3.05, 3.63) is 119 Å². The van der Waals surface area contributed by atoms with Gasteiger partial charge in [0.1, 0.15) is 6.04 Å². The molecule has 0 bridgehead atoms. The highest BCUT2D eigenvalue weighted by molar-refractivity contribution is 7.98. The van der Waals surface area contributed by atoms with Crippen LogP contribution in [-0.4, -0.2) is 70.8 Å². The second kappa shape index (κ2) is 18.2. The third-order valence-electron chi connectivity index (χ3n) is 8.07. The fourth-order valence-electron chi connectivity index (χ4n) is 5.90. The van der Waals surface area contributed by atoms with Gasteiger partial charge in [0.15, 0.2) is 5.78 Å². The smallest absolute Gasteiger partial charge is 0.326 e. The molecule has 0 saturated heterocycles. The van der Waals surface area contributed by atoms with Crippen LogP contribution in [0.1, 0.15) is 53.7 Å². The van der Waals surface area contributed by atoms with Gasteiger partial charge in [0.25, 0.3) is 0 Å². The van der Waals surface area contributed by atoms with Crippen molar-refractivity contribution >= 4 is 46.1 Å². The van der Waals surface area contributed by atoms with E-state index in [0.717, 1.165) is 21.9 Å². The molecule has 2 unspecified atom stereocenters. The number of amides is 2. The number of aliphatic carboxylic acids is 1. The Morgan fingerprint density at radius 3 is 2.23 bits per heavy atom. The molecule has 3 N–H and O–H groups in total. The number of ketones is 1. The molecule has 0 aromatic heterocycles. The Kier molecular flexibility index (Phi) is 13.8. The van der Waals surface area contributed by atoms with Crippen molar-refractivity contribution in [3.8, 4) is 0 Å². The SMILES string of the molecule is CSCCC(NC(=O)CN(Cc1cccc2ccccc12)CC(CC(C)C)NC(=O)Cc1cccc(C(=O)c2ccccc2)c1)C(=O)O. The monoisotopic (exact) mass is 667 g/mol. The summed E-state index contributed by atoms with van der Waals surface area (Å²) in [4.78, 5) is 53.6. The first kappa shape index (κ1) is 36.4. The number of benzene rings is 4. The molecule has 0 aliphatic carbocycles. The molecule has 48 heavy (non-hydrogen) atoms. The van der Waals surface area contributed by atoms with E-state index in [4.69, 9.17) is 0 Å². The van der Waals surface area contributed by atoms with Gasteiger partial charge < -0.3 is 15.7 Å². The van der Waals surface area contributed by atoms with E-state index in [-0.39, 0.29) is 42.5 Å². The molecular weight excluding hydrogens is 623 g/mol. The van der Waals surface area contributed by atoms with Gasteiger partial charge in [0, 0.05) is 30.3 Å². The summed E-state index contributed by atoms with van der Waals surface area (Å²) >= 11 is 1.53. The first-order valence-corrected chi connectivity index (χ1v) is 17.7. The van der Waals surface area contributed by atoms with Crippen molar-refractivity contribution in [1.29, 1.82) is 0 Å². The third-order valence-corrected chi connectivity index (χ3v) is 8.72. The van der Waals surface area contributed by atoms with Crippen molar-refractivity contribution in [1.82, 2.24) is 15.5 Å². The van der Waals surface area contributed by atoms with Crippen LogP contribution in [-0.2, 0) is 27.3 Å². The van der Waals surface area contributed by atoms with Gasteiger partial charge in [-0.3, -0.25) is 19.3 Å². The predicted molar refractivity (Wildman–Crippen MR) is 193 cm³/mol. The van der Waals surface area contributed by atoms with Crippen molar-refractivity contribution < 1.29 is 24.3 Å². The van der Waals surface area contributed by atoms with Crippen LogP contribution in [0.3, 0.4) is 0 Å². The van der Waals surface area contributed by atoms with Gasteiger partial charge in [-0.2, -0.15) is 11.8 Å². The number of thioether (sulfide) groups is 1. The highest BCUT2D eigenvalue weighted by Crippen LogP contribution is 2.21. The highest BCUT2D eigenvalue weighted by atomic mass is 32.2. The average Bonchev–Trinajstić information content (AvgIpc) is 3.06. The zero-order valence-electron chi connectivity index (χ0n) is 27.9. The van der Waals surface area contributed by atoms with E-state index in [1.54, 1.807) is 30.3 Å². The summed E-state index contributed by atoms with van der Waals surface area (Å²) < 4.78 is 0. The van der Waals surface area contributed by atoms with Crippen LogP contribution < -0.4 is 10.6 Å². The van der Waals surface area contributed by atoms with Crippen LogP contribution in [0.15, 0.2) is 97.1 Å². The molecule has 0 aliphatic rings. The summed E-state index contributed by atoms with van der Waals surface area (Å²) in [6, 6.07) is 29.1. The molecule has 0 saturated carbocycles. The number of hydrogen-bond acceptors (Lipinski definition) is 6. The van der Waals surface area contributed by atoms with Gasteiger partial charge in [-0.05, 0) is 58.7 Å². The first-order chi connectivity index (χ1) is 23.1. The number of carboxylic acid groups (broad SMARTS) is 1. The number of nitrogens with one attached hydrogen (secondary N) is 2. The largest absolute Gasteiger partial charge is 0.480 e. The van der Waals surface area contributed by atoms with Gasteiger partial charge in [0.2, 0.25) is 11.8 Å². The lowest BCUT2D eigenvalue weighted by atomic mass is 9.99. The molecule has 0 radical (unpaired) electrons. The van der Waals surface area contributed by atoms with Crippen molar-refractivity contribution in [2.75, 3.05) is 25.1 Å². The highest BCUT2D eigenvalue weighted by Gasteiger charge is 2.24. The molecule has 0 fully saturated rings. The van der Waals surface area contributed by atoms with Gasteiger partial charge in [-0.25, -0.2) is 4.79 Å². The normalized spacial score (nSPS) is 12.5. The van der Waals surface area contributed by atoms with Crippen molar-refractivity contribution in [2.24, 2.45) is 5.92 Å². The van der Waals surface area contributed by atoms with Crippen LogP contribution >= 0.6 is 11.8 Å². The molecule has 252 valence electrons. The zero-order chi connectivity index (χ0) is 34.5. The van der Waals surface area contributed by atoms with Gasteiger partial charge >= 0.3 is 5.97 Å². The Hall–Kier alpha value is -4.47. The van der Waals surface area contributed by atoms with Crippen LogP contribution in [0, 0.1) is 5.92 Å². The second-order valence-electron chi connectivity index (χ2n) is 12.5. The Labute approximate surface area is 287 Å². The molecular formula is C39H45N3O5S. The molecule has 2 amide bonds. The van der Waals surface area contributed by atoms with E-state index in [9.17, 15) is 24.3 Å². The fourth-order valence-corrected chi connectivity index (χ4v) is 6.37. The lowest BCUT2D eigenvalue weighted by Gasteiger charge is -2.30. The lowest BCUT2D eigenvalue weighted by molar-refractivity contribution is -0.142. The van der Waals surface area contributed by atoms with E-state index in [2.05, 4.69) is 30.5 Å². The van der Waals surface area contributed by atoms with Gasteiger partial charge in [0.05, 0.1) is 13.0 Å². The van der Waals surface area contributed by atoms with Gasteiger partial charge in [-0.1, -0.05) is 105 Å². The van der Waals surface area contributed by atoms with Crippen LogP contribution in [0.25, 0.3) is 10.8 Å². The van der Waals surface area contributed by atoms with Gasteiger partial charge in [-0.15, -0.1) is 0 Å². The number of fused-ring (bicyclic) bond motifs is 1. The van der Waals surface area contributed by atoms with E-state index in [1.165, 1.54) is 11.8 Å². The summed E-state index contributed by atoms with van der Waals surface area (Å²) in [6.45, 7) is 4.97. The van der Waals surface area contributed by atoms with E-state index in [0.29, 0.717) is 42.8 Å². The minimum absolute atomic E-state index is 0.0274. The van der Waals surface area contributed by atoms with E-state index in [1.807, 2.05) is 71.8 Å². The minimum Gasteiger partial charge on any atom is -0.480 e. The van der Waals surface area contributed by atoms with Crippen LogP contribution in [0.4, 0.5) is 0 Å². The lowest BCUT2D eigenvalue weighted by Crippen LogP contribution is -2.49. The standard InChI is InChI=1S/C39H45N3O5S/c1-27(2)21-33(40-36(43)23-28-11-9-16-31(22-28)38(45)30-13-5-4-6-14-30)25-42(26-37(44)41-35(39(46)47)19-20-48-3)24-32-17-10-15-29-12-7-8-18-34(29)32/h4-18,22,27,33,35H,19-21,23-26H2,1-3H3,(H,40,43)(H,41,44)(H,46,47). The maximum atomic E-state index is 13.5. The molecule has 4 aromatic rings. The topological polar surface area (TPSA) is 116 Å². The Morgan fingerprint density at radius 2 is 1.50 bits per heavy atom. The Balaban J connectivity index is 1.52. The first-order valence-electron chi connectivity index (χ1n) is 16.3. The maximum Gasteiger partial charge on any atom is 0.326 e. The predicted octanol–water partition coefficient (Wildman–Crippen LogP) is 5.97. The molecule has 2 atom stereocenters. The molecule has 0 heterocycles. The number of carboxylic acids is 1. The second-order valence-corrected chi connectivity index (χ2v) is 13.5. The number of hydrogen-bond donors (Lipinski definition) is 3. The molecule has 4 aromatic carbocycles. The number of carbonyl (C=O) groups excluding carboxylic acids is 3. The molecule has 8 nitrogen and oxygen atoms in total.